The Morgan fingerprint density at radius 2 is 1.95 bits per heavy atom. The molecule has 0 spiro atoms. The van der Waals surface area contributed by atoms with Crippen LogP contribution >= 0.6 is 0 Å². The molecule has 1 aromatic rings. The van der Waals surface area contributed by atoms with Crippen LogP contribution in [-0.2, 0) is 16.6 Å². The molecule has 1 N–H and O–H groups in total. The van der Waals surface area contributed by atoms with Gasteiger partial charge in [0.05, 0.1) is 6.61 Å². The summed E-state index contributed by atoms with van der Waals surface area (Å²) in [5, 5.41) is 9.05. The minimum atomic E-state index is -4.13. The lowest BCUT2D eigenvalue weighted by atomic mass is 10.2. The van der Waals surface area contributed by atoms with Gasteiger partial charge in [-0.1, -0.05) is 0 Å². The van der Waals surface area contributed by atoms with Crippen molar-refractivity contribution in [1.82, 2.24) is 4.31 Å². The zero-order valence-corrected chi connectivity index (χ0v) is 12.8. The molecule has 0 unspecified atom stereocenters. The number of sulfonamides is 1. The second-order valence-corrected chi connectivity index (χ2v) is 7.52. The van der Waals surface area contributed by atoms with Gasteiger partial charge in [-0.25, -0.2) is 17.2 Å². The molecular formula is C14H19F2NO3S. The van der Waals surface area contributed by atoms with Crippen LogP contribution in [0.25, 0.3) is 0 Å². The lowest BCUT2D eigenvalue weighted by Crippen LogP contribution is -2.39. The molecule has 118 valence electrons. The Morgan fingerprint density at radius 3 is 2.43 bits per heavy atom. The second kappa shape index (κ2) is 5.98. The Kier molecular flexibility index (Phi) is 4.65. The molecule has 0 amide bonds. The Labute approximate surface area is 123 Å². The largest absolute Gasteiger partial charge is 0.392 e. The maximum atomic E-state index is 13.9. The van der Waals surface area contributed by atoms with Gasteiger partial charge >= 0.3 is 0 Å². The van der Waals surface area contributed by atoms with E-state index in [1.807, 2.05) is 0 Å². The Hall–Kier alpha value is -1.05. The van der Waals surface area contributed by atoms with Crippen LogP contribution < -0.4 is 0 Å². The Morgan fingerprint density at radius 1 is 1.33 bits per heavy atom. The van der Waals surface area contributed by atoms with Crippen LogP contribution in [0.1, 0.15) is 32.3 Å². The molecule has 0 heterocycles. The van der Waals surface area contributed by atoms with Gasteiger partial charge in [-0.15, -0.1) is 0 Å². The van der Waals surface area contributed by atoms with Crippen LogP contribution in [0, 0.1) is 17.6 Å². The molecule has 1 fully saturated rings. The SMILES string of the molecule is CC(C)N(CC1CC1)S(=O)(=O)c1cc(CO)cc(F)c1F. The Balaban J connectivity index is 2.48. The van der Waals surface area contributed by atoms with Crippen molar-refractivity contribution in [2.75, 3.05) is 6.54 Å². The average molecular weight is 319 g/mol. The van der Waals surface area contributed by atoms with Crippen molar-refractivity contribution < 1.29 is 22.3 Å². The minimum absolute atomic E-state index is 0.0302. The van der Waals surface area contributed by atoms with Crippen molar-refractivity contribution in [1.29, 1.82) is 0 Å². The molecular weight excluding hydrogens is 300 g/mol. The maximum Gasteiger partial charge on any atom is 0.246 e. The first kappa shape index (κ1) is 16.3. The molecule has 1 aromatic carbocycles. The fourth-order valence-corrected chi connectivity index (χ4v) is 4.00. The van der Waals surface area contributed by atoms with Gasteiger partial charge < -0.3 is 5.11 Å². The van der Waals surface area contributed by atoms with E-state index in [-0.39, 0.29) is 17.5 Å². The second-order valence-electron chi connectivity index (χ2n) is 5.66. The van der Waals surface area contributed by atoms with Gasteiger partial charge in [0, 0.05) is 12.6 Å². The summed E-state index contributed by atoms with van der Waals surface area (Å²) in [5.74, 6) is -2.37. The topological polar surface area (TPSA) is 57.6 Å². The first-order valence-corrected chi connectivity index (χ1v) is 8.32. The monoisotopic (exact) mass is 319 g/mol. The van der Waals surface area contributed by atoms with E-state index in [2.05, 4.69) is 0 Å². The summed E-state index contributed by atoms with van der Waals surface area (Å²) in [7, 11) is -4.13. The summed E-state index contributed by atoms with van der Waals surface area (Å²) >= 11 is 0. The molecule has 2 rings (SSSR count). The van der Waals surface area contributed by atoms with E-state index < -0.39 is 33.2 Å². The molecule has 1 aliphatic carbocycles. The van der Waals surface area contributed by atoms with E-state index in [1.165, 1.54) is 4.31 Å². The zero-order valence-electron chi connectivity index (χ0n) is 12.0. The first-order valence-electron chi connectivity index (χ1n) is 6.88. The molecule has 21 heavy (non-hydrogen) atoms. The molecule has 1 aliphatic rings. The molecule has 0 atom stereocenters. The van der Waals surface area contributed by atoms with E-state index in [1.54, 1.807) is 13.8 Å². The minimum Gasteiger partial charge on any atom is -0.392 e. The predicted octanol–water partition coefficient (Wildman–Crippen LogP) is 2.27. The number of hydrogen-bond acceptors (Lipinski definition) is 3. The lowest BCUT2D eigenvalue weighted by molar-refractivity contribution is 0.280. The van der Waals surface area contributed by atoms with Crippen molar-refractivity contribution >= 4 is 10.0 Å². The smallest absolute Gasteiger partial charge is 0.246 e. The van der Waals surface area contributed by atoms with Crippen molar-refractivity contribution in [3.63, 3.8) is 0 Å². The molecule has 1 saturated carbocycles. The highest BCUT2D eigenvalue weighted by Crippen LogP contribution is 2.33. The molecule has 0 saturated heterocycles. The molecule has 0 radical (unpaired) electrons. The van der Waals surface area contributed by atoms with E-state index in [9.17, 15) is 17.2 Å². The first-order chi connectivity index (χ1) is 9.77. The van der Waals surface area contributed by atoms with Gasteiger partial charge in [-0.3, -0.25) is 0 Å². The number of hydrogen-bond donors (Lipinski definition) is 1. The summed E-state index contributed by atoms with van der Waals surface area (Å²) in [6.45, 7) is 3.16. The van der Waals surface area contributed by atoms with Crippen molar-refractivity contribution in [3.05, 3.63) is 29.3 Å². The van der Waals surface area contributed by atoms with E-state index in [0.717, 1.165) is 25.0 Å². The number of halogens is 2. The summed E-state index contributed by atoms with van der Waals surface area (Å²) in [6.07, 6.45) is 1.90. The highest BCUT2D eigenvalue weighted by molar-refractivity contribution is 7.89. The van der Waals surface area contributed by atoms with Crippen LogP contribution in [0.3, 0.4) is 0 Å². The van der Waals surface area contributed by atoms with Crippen LogP contribution in [0.4, 0.5) is 8.78 Å². The van der Waals surface area contributed by atoms with Crippen molar-refractivity contribution in [2.45, 2.75) is 44.2 Å². The standard InChI is InChI=1S/C14H19F2NO3S/c1-9(2)17(7-10-3-4-10)21(19,20)13-6-11(8-18)5-12(15)14(13)16/h5-6,9-10,18H,3-4,7-8H2,1-2H3. The summed E-state index contributed by atoms with van der Waals surface area (Å²) in [5.41, 5.74) is 0.0302. The quantitative estimate of drug-likeness (QED) is 0.875. The highest BCUT2D eigenvalue weighted by Gasteiger charge is 2.35. The number of benzene rings is 1. The van der Waals surface area contributed by atoms with Gasteiger partial charge in [-0.05, 0) is 50.3 Å². The van der Waals surface area contributed by atoms with Gasteiger partial charge in [0.25, 0.3) is 0 Å². The number of rotatable bonds is 6. The highest BCUT2D eigenvalue weighted by atomic mass is 32.2. The molecule has 7 heteroatoms. The third-order valence-electron chi connectivity index (χ3n) is 3.53. The van der Waals surface area contributed by atoms with Crippen LogP contribution in [0.15, 0.2) is 17.0 Å². The third-order valence-corrected chi connectivity index (χ3v) is 5.58. The third kappa shape index (κ3) is 3.41. The fraction of sp³-hybridized carbons (Fsp3) is 0.571. The average Bonchev–Trinajstić information content (AvgIpc) is 3.22. The predicted molar refractivity (Wildman–Crippen MR) is 74.0 cm³/mol. The lowest BCUT2D eigenvalue weighted by Gasteiger charge is -2.26. The number of nitrogens with zero attached hydrogens (tertiary/aromatic N) is 1. The van der Waals surface area contributed by atoms with Crippen molar-refractivity contribution in [2.24, 2.45) is 5.92 Å². The van der Waals surface area contributed by atoms with E-state index in [0.29, 0.717) is 6.54 Å². The molecule has 4 nitrogen and oxygen atoms in total. The van der Waals surface area contributed by atoms with E-state index >= 15 is 0 Å². The molecule has 0 aromatic heterocycles. The van der Waals surface area contributed by atoms with Gasteiger partial charge in [0.15, 0.2) is 11.6 Å². The van der Waals surface area contributed by atoms with Crippen LogP contribution in [0.2, 0.25) is 0 Å². The van der Waals surface area contributed by atoms with Gasteiger partial charge in [-0.2, -0.15) is 4.31 Å². The Bertz CT molecular complexity index is 627. The summed E-state index contributed by atoms with van der Waals surface area (Å²) < 4.78 is 53.9. The molecule has 0 aliphatic heterocycles. The summed E-state index contributed by atoms with van der Waals surface area (Å²) in [4.78, 5) is -0.707. The normalized spacial score (nSPS) is 16.0. The van der Waals surface area contributed by atoms with Crippen LogP contribution in [-0.4, -0.2) is 30.4 Å². The molecule has 0 bridgehead atoms. The zero-order chi connectivity index (χ0) is 15.8. The van der Waals surface area contributed by atoms with Gasteiger partial charge in [0.2, 0.25) is 10.0 Å². The van der Waals surface area contributed by atoms with Gasteiger partial charge in [0.1, 0.15) is 4.90 Å². The fourth-order valence-electron chi connectivity index (χ4n) is 2.16. The van der Waals surface area contributed by atoms with E-state index in [4.69, 9.17) is 5.11 Å². The number of aliphatic hydroxyl groups is 1. The number of aliphatic hydroxyl groups excluding tert-OH is 1. The van der Waals surface area contributed by atoms with Crippen LogP contribution in [0.5, 0.6) is 0 Å². The maximum absolute atomic E-state index is 13.9. The summed E-state index contributed by atoms with van der Waals surface area (Å²) in [6, 6.07) is 1.45. The van der Waals surface area contributed by atoms with Crippen molar-refractivity contribution in [3.8, 4) is 0 Å².